The molecule has 0 saturated carbocycles. The normalized spacial score (nSPS) is 12.2. The molecule has 144 valence electrons. The van der Waals surface area contributed by atoms with Crippen molar-refractivity contribution in [3.05, 3.63) is 57.9 Å². The smallest absolute Gasteiger partial charge is 0.450 e. The van der Waals surface area contributed by atoms with Gasteiger partial charge in [-0.05, 0) is 30.2 Å². The lowest BCUT2D eigenvalue weighted by atomic mass is 10.0. The third kappa shape index (κ3) is 2.64. The quantitative estimate of drug-likeness (QED) is 0.544. The van der Waals surface area contributed by atoms with E-state index in [1.54, 1.807) is 38.2 Å². The van der Waals surface area contributed by atoms with Gasteiger partial charge in [0.15, 0.2) is 0 Å². The summed E-state index contributed by atoms with van der Waals surface area (Å²) in [6, 6.07) is 9.21. The summed E-state index contributed by atoms with van der Waals surface area (Å²) in [4.78, 5) is 17.3. The van der Waals surface area contributed by atoms with Gasteiger partial charge in [-0.15, -0.1) is 0 Å². The summed E-state index contributed by atoms with van der Waals surface area (Å²) in [6.07, 6.45) is -4.51. The Kier molecular flexibility index (Phi) is 3.95. The number of rotatable bonds is 2. The molecular weight excluding hydrogens is 373 g/mol. The van der Waals surface area contributed by atoms with E-state index in [9.17, 15) is 23.1 Å². The van der Waals surface area contributed by atoms with E-state index >= 15 is 0 Å². The Morgan fingerprint density at radius 1 is 1.21 bits per heavy atom. The second kappa shape index (κ2) is 6.12. The van der Waals surface area contributed by atoms with Gasteiger partial charge in [0.25, 0.3) is 0 Å². The number of aromatic nitrogens is 2. The van der Waals surface area contributed by atoms with Crippen LogP contribution in [0.3, 0.4) is 0 Å². The van der Waals surface area contributed by atoms with Crippen molar-refractivity contribution >= 4 is 22.0 Å². The molecule has 0 spiro atoms. The first-order valence-electron chi connectivity index (χ1n) is 8.54. The molecular formula is C20H15F3N2O3. The van der Waals surface area contributed by atoms with Gasteiger partial charge in [0, 0.05) is 13.1 Å². The molecule has 28 heavy (non-hydrogen) atoms. The zero-order valence-corrected chi connectivity index (χ0v) is 15.0. The number of phenols is 1. The maximum absolute atomic E-state index is 13.7. The molecule has 0 unspecified atom stereocenters. The summed E-state index contributed by atoms with van der Waals surface area (Å²) in [5, 5.41) is 9.92. The number of fused-ring (bicyclic) bond motifs is 2. The Labute approximate surface area is 156 Å². The first kappa shape index (κ1) is 18.1. The van der Waals surface area contributed by atoms with Crippen molar-refractivity contribution in [2.24, 2.45) is 7.05 Å². The number of phenolic OH excluding ortho intramolecular Hbond substituents is 1. The maximum Gasteiger partial charge on any atom is 0.450 e. The standard InChI is InChI=1S/C20H15F3N2O3/c1-3-10-8-11-15(9-14(10)26)28-18(20(21,22)23)16(17(11)27)19-24-12-6-4-5-7-13(12)25(19)2/h4-9,26H,3H2,1-2H3. The minimum Gasteiger partial charge on any atom is -0.508 e. The zero-order valence-electron chi connectivity index (χ0n) is 15.0. The Morgan fingerprint density at radius 2 is 1.93 bits per heavy atom. The number of benzene rings is 2. The van der Waals surface area contributed by atoms with E-state index < -0.39 is 22.9 Å². The lowest BCUT2D eigenvalue weighted by molar-refractivity contribution is -0.152. The van der Waals surface area contributed by atoms with Crippen molar-refractivity contribution in [3.63, 3.8) is 0 Å². The van der Waals surface area contributed by atoms with E-state index in [4.69, 9.17) is 4.42 Å². The molecule has 2 aromatic heterocycles. The molecule has 2 heterocycles. The molecule has 0 fully saturated rings. The predicted octanol–water partition coefficient (Wildman–Crippen LogP) is 4.63. The molecule has 0 saturated heterocycles. The van der Waals surface area contributed by atoms with Crippen molar-refractivity contribution in [1.29, 1.82) is 0 Å². The maximum atomic E-state index is 13.7. The van der Waals surface area contributed by atoms with Crippen LogP contribution in [0.15, 0.2) is 45.6 Å². The third-order valence-corrected chi connectivity index (χ3v) is 4.74. The van der Waals surface area contributed by atoms with E-state index in [0.717, 1.165) is 6.07 Å². The Balaban J connectivity index is 2.16. The summed E-state index contributed by atoms with van der Waals surface area (Å²) >= 11 is 0. The molecule has 0 aliphatic rings. The van der Waals surface area contributed by atoms with E-state index in [1.165, 1.54) is 10.6 Å². The summed E-state index contributed by atoms with van der Waals surface area (Å²) in [5.41, 5.74) is -0.323. The van der Waals surface area contributed by atoms with Crippen LogP contribution in [0.4, 0.5) is 13.2 Å². The number of para-hydroxylation sites is 2. The van der Waals surface area contributed by atoms with Gasteiger partial charge >= 0.3 is 6.18 Å². The van der Waals surface area contributed by atoms with E-state index in [0.29, 0.717) is 23.0 Å². The fourth-order valence-electron chi connectivity index (χ4n) is 3.33. The van der Waals surface area contributed by atoms with Crippen molar-refractivity contribution in [2.45, 2.75) is 19.5 Å². The molecule has 0 radical (unpaired) electrons. The second-order valence-electron chi connectivity index (χ2n) is 6.45. The summed E-state index contributed by atoms with van der Waals surface area (Å²) in [6.45, 7) is 1.76. The number of hydrogen-bond donors (Lipinski definition) is 1. The van der Waals surface area contributed by atoms with Crippen LogP contribution in [-0.4, -0.2) is 14.7 Å². The average Bonchev–Trinajstić information content (AvgIpc) is 2.97. The zero-order chi connectivity index (χ0) is 20.2. The van der Waals surface area contributed by atoms with Crippen molar-refractivity contribution in [3.8, 4) is 17.1 Å². The van der Waals surface area contributed by atoms with Crippen LogP contribution in [-0.2, 0) is 19.6 Å². The number of nitrogens with zero attached hydrogens (tertiary/aromatic N) is 2. The van der Waals surface area contributed by atoms with Crippen molar-refractivity contribution in [2.75, 3.05) is 0 Å². The minimum absolute atomic E-state index is 0.0373. The largest absolute Gasteiger partial charge is 0.508 e. The van der Waals surface area contributed by atoms with Crippen LogP contribution in [0, 0.1) is 0 Å². The predicted molar refractivity (Wildman–Crippen MR) is 98.2 cm³/mol. The number of aromatic hydroxyl groups is 1. The number of alkyl halides is 3. The highest BCUT2D eigenvalue weighted by Gasteiger charge is 2.40. The number of halogens is 3. The number of imidazole rings is 1. The molecule has 5 nitrogen and oxygen atoms in total. The van der Waals surface area contributed by atoms with Gasteiger partial charge in [-0.3, -0.25) is 4.79 Å². The molecule has 0 atom stereocenters. The van der Waals surface area contributed by atoms with Crippen molar-refractivity contribution < 1.29 is 22.7 Å². The summed E-state index contributed by atoms with van der Waals surface area (Å²) in [5.74, 6) is -1.79. The molecule has 1 N–H and O–H groups in total. The fourth-order valence-corrected chi connectivity index (χ4v) is 3.33. The van der Waals surface area contributed by atoms with Crippen LogP contribution in [0.25, 0.3) is 33.4 Å². The average molecular weight is 388 g/mol. The van der Waals surface area contributed by atoms with Crippen molar-refractivity contribution in [1.82, 2.24) is 9.55 Å². The van der Waals surface area contributed by atoms with E-state index in [2.05, 4.69) is 4.98 Å². The van der Waals surface area contributed by atoms with E-state index in [-0.39, 0.29) is 22.5 Å². The Hall–Kier alpha value is -3.29. The van der Waals surface area contributed by atoms with E-state index in [1.807, 2.05) is 0 Å². The van der Waals surface area contributed by atoms with Gasteiger partial charge in [-0.25, -0.2) is 4.98 Å². The minimum atomic E-state index is -4.92. The third-order valence-electron chi connectivity index (χ3n) is 4.74. The molecule has 2 aromatic carbocycles. The molecule has 4 rings (SSSR count). The topological polar surface area (TPSA) is 68.3 Å². The van der Waals surface area contributed by atoms with Crippen LogP contribution < -0.4 is 5.43 Å². The highest BCUT2D eigenvalue weighted by atomic mass is 19.4. The van der Waals surface area contributed by atoms with Crippen LogP contribution in [0.2, 0.25) is 0 Å². The second-order valence-corrected chi connectivity index (χ2v) is 6.45. The molecule has 8 heteroatoms. The van der Waals surface area contributed by atoms with Gasteiger partial charge < -0.3 is 14.1 Å². The molecule has 0 bridgehead atoms. The first-order chi connectivity index (χ1) is 13.2. The number of hydrogen-bond acceptors (Lipinski definition) is 4. The Bertz CT molecular complexity index is 1290. The van der Waals surface area contributed by atoms with Gasteiger partial charge in [-0.1, -0.05) is 19.1 Å². The van der Waals surface area contributed by atoms with Crippen LogP contribution in [0.1, 0.15) is 18.2 Å². The monoisotopic (exact) mass is 388 g/mol. The van der Waals surface area contributed by atoms with Gasteiger partial charge in [-0.2, -0.15) is 13.2 Å². The fraction of sp³-hybridized carbons (Fsp3) is 0.200. The Morgan fingerprint density at radius 3 is 2.57 bits per heavy atom. The molecule has 0 aliphatic carbocycles. The van der Waals surface area contributed by atoms with Crippen LogP contribution in [0.5, 0.6) is 5.75 Å². The van der Waals surface area contributed by atoms with Gasteiger partial charge in [0.2, 0.25) is 11.2 Å². The lowest BCUT2D eigenvalue weighted by Crippen LogP contribution is -2.18. The van der Waals surface area contributed by atoms with Crippen LogP contribution >= 0.6 is 0 Å². The van der Waals surface area contributed by atoms with Gasteiger partial charge in [0.05, 0.1) is 16.4 Å². The SMILES string of the molecule is CCc1cc2c(=O)c(-c3nc4ccccc4n3C)c(C(F)(F)F)oc2cc1O. The van der Waals surface area contributed by atoms with Gasteiger partial charge in [0.1, 0.15) is 22.7 Å². The lowest BCUT2D eigenvalue weighted by Gasteiger charge is -2.13. The number of aryl methyl sites for hydroxylation is 2. The molecule has 0 amide bonds. The molecule has 4 aromatic rings. The summed E-state index contributed by atoms with van der Waals surface area (Å²) in [7, 11) is 1.54. The molecule has 0 aliphatic heterocycles. The first-order valence-corrected chi connectivity index (χ1v) is 8.54. The highest BCUT2D eigenvalue weighted by molar-refractivity contribution is 5.86. The summed E-state index contributed by atoms with van der Waals surface area (Å²) < 4.78 is 47.7. The highest BCUT2D eigenvalue weighted by Crippen LogP contribution is 2.38.